The Balaban J connectivity index is 1.79. The molecular formula is C11H18N2S. The molecule has 2 rings (SSSR count). The van der Waals surface area contributed by atoms with Gasteiger partial charge in [0.15, 0.2) is 0 Å². The van der Waals surface area contributed by atoms with Gasteiger partial charge in [-0.3, -0.25) is 0 Å². The van der Waals surface area contributed by atoms with Crippen LogP contribution in [0.25, 0.3) is 0 Å². The lowest BCUT2D eigenvalue weighted by atomic mass is 9.98. The van der Waals surface area contributed by atoms with Crippen LogP contribution in [0.3, 0.4) is 0 Å². The van der Waals surface area contributed by atoms with Crippen LogP contribution in [0.15, 0.2) is 11.4 Å². The highest BCUT2D eigenvalue weighted by Crippen LogP contribution is 2.23. The zero-order chi connectivity index (χ0) is 9.80. The molecule has 0 atom stereocenters. The molecule has 0 aromatic carbocycles. The van der Waals surface area contributed by atoms with Gasteiger partial charge in [0.05, 0.1) is 5.00 Å². The molecule has 0 aliphatic carbocycles. The van der Waals surface area contributed by atoms with E-state index >= 15 is 0 Å². The number of hydrogen-bond donors (Lipinski definition) is 2. The summed E-state index contributed by atoms with van der Waals surface area (Å²) in [5.41, 5.74) is 1.38. The minimum Gasteiger partial charge on any atom is -0.376 e. The maximum Gasteiger partial charge on any atom is 0.0912 e. The first-order valence-corrected chi connectivity index (χ1v) is 6.23. The summed E-state index contributed by atoms with van der Waals surface area (Å²) < 4.78 is 0. The van der Waals surface area contributed by atoms with Gasteiger partial charge in [-0.15, -0.1) is 11.3 Å². The first kappa shape index (κ1) is 9.99. The SMILES string of the molecule is Cc1ccsc1NCC1CCNCC1. The van der Waals surface area contributed by atoms with Crippen LogP contribution >= 0.6 is 11.3 Å². The molecule has 2 N–H and O–H groups in total. The van der Waals surface area contributed by atoms with Crippen LogP contribution in [0.2, 0.25) is 0 Å². The van der Waals surface area contributed by atoms with Crippen LogP contribution in [0.1, 0.15) is 18.4 Å². The molecule has 1 aromatic rings. The number of thiophene rings is 1. The van der Waals surface area contributed by atoms with E-state index < -0.39 is 0 Å². The van der Waals surface area contributed by atoms with Crippen molar-refractivity contribution >= 4 is 16.3 Å². The Labute approximate surface area is 89.7 Å². The van der Waals surface area contributed by atoms with Gasteiger partial charge in [-0.1, -0.05) is 0 Å². The maximum absolute atomic E-state index is 3.55. The van der Waals surface area contributed by atoms with Crippen LogP contribution in [-0.4, -0.2) is 19.6 Å². The van der Waals surface area contributed by atoms with Crippen molar-refractivity contribution < 1.29 is 0 Å². The first-order chi connectivity index (χ1) is 6.86. The third-order valence-corrected chi connectivity index (χ3v) is 3.85. The number of anilines is 1. The lowest BCUT2D eigenvalue weighted by Crippen LogP contribution is -2.31. The highest BCUT2D eigenvalue weighted by atomic mass is 32.1. The van der Waals surface area contributed by atoms with Gasteiger partial charge >= 0.3 is 0 Å². The van der Waals surface area contributed by atoms with Gasteiger partial charge in [-0.05, 0) is 55.8 Å². The fraction of sp³-hybridized carbons (Fsp3) is 0.636. The van der Waals surface area contributed by atoms with Gasteiger partial charge in [0.1, 0.15) is 0 Å². The summed E-state index contributed by atoms with van der Waals surface area (Å²) >= 11 is 1.81. The van der Waals surface area contributed by atoms with E-state index in [0.717, 1.165) is 12.5 Å². The van der Waals surface area contributed by atoms with E-state index in [-0.39, 0.29) is 0 Å². The Morgan fingerprint density at radius 1 is 1.50 bits per heavy atom. The molecule has 0 saturated carbocycles. The van der Waals surface area contributed by atoms with Crippen molar-refractivity contribution in [2.24, 2.45) is 5.92 Å². The lowest BCUT2D eigenvalue weighted by molar-refractivity contribution is 0.390. The Hall–Kier alpha value is -0.540. The molecule has 0 unspecified atom stereocenters. The van der Waals surface area contributed by atoms with Gasteiger partial charge in [0.2, 0.25) is 0 Å². The monoisotopic (exact) mass is 210 g/mol. The van der Waals surface area contributed by atoms with Crippen LogP contribution in [0.5, 0.6) is 0 Å². The van der Waals surface area contributed by atoms with E-state index in [0.29, 0.717) is 0 Å². The first-order valence-electron chi connectivity index (χ1n) is 5.35. The normalized spacial score (nSPS) is 18.4. The smallest absolute Gasteiger partial charge is 0.0912 e. The van der Waals surface area contributed by atoms with Crippen LogP contribution in [0, 0.1) is 12.8 Å². The highest BCUT2D eigenvalue weighted by Gasteiger charge is 2.12. The van der Waals surface area contributed by atoms with Crippen LogP contribution in [0.4, 0.5) is 5.00 Å². The van der Waals surface area contributed by atoms with Gasteiger partial charge in [-0.25, -0.2) is 0 Å². The van der Waals surface area contributed by atoms with Gasteiger partial charge in [0.25, 0.3) is 0 Å². The largest absolute Gasteiger partial charge is 0.376 e. The third kappa shape index (κ3) is 2.49. The van der Waals surface area contributed by atoms with Crippen molar-refractivity contribution in [1.29, 1.82) is 0 Å². The van der Waals surface area contributed by atoms with E-state index in [1.165, 1.54) is 36.5 Å². The molecule has 78 valence electrons. The van der Waals surface area contributed by atoms with Gasteiger partial charge in [0, 0.05) is 6.54 Å². The number of hydrogen-bond acceptors (Lipinski definition) is 3. The molecular weight excluding hydrogens is 192 g/mol. The van der Waals surface area contributed by atoms with Crippen molar-refractivity contribution in [3.63, 3.8) is 0 Å². The predicted octanol–water partition coefficient (Wildman–Crippen LogP) is 2.47. The van der Waals surface area contributed by atoms with Crippen LogP contribution in [-0.2, 0) is 0 Å². The highest BCUT2D eigenvalue weighted by molar-refractivity contribution is 7.14. The third-order valence-electron chi connectivity index (χ3n) is 2.87. The number of nitrogens with one attached hydrogen (secondary N) is 2. The number of piperidine rings is 1. The molecule has 1 saturated heterocycles. The molecule has 0 amide bonds. The molecule has 2 nitrogen and oxygen atoms in total. The standard InChI is InChI=1S/C11H18N2S/c1-9-4-7-14-11(9)13-8-10-2-5-12-6-3-10/h4,7,10,12-13H,2-3,5-6,8H2,1H3. The number of aryl methyl sites for hydroxylation is 1. The van der Waals surface area contributed by atoms with Crippen LogP contribution < -0.4 is 10.6 Å². The summed E-state index contributed by atoms with van der Waals surface area (Å²) in [5.74, 6) is 0.859. The molecule has 0 bridgehead atoms. The van der Waals surface area contributed by atoms with E-state index in [1.807, 2.05) is 11.3 Å². The zero-order valence-electron chi connectivity index (χ0n) is 8.68. The minimum atomic E-state index is 0.859. The second-order valence-electron chi connectivity index (χ2n) is 4.01. The average molecular weight is 210 g/mol. The molecule has 2 heterocycles. The lowest BCUT2D eigenvalue weighted by Gasteiger charge is -2.23. The zero-order valence-corrected chi connectivity index (χ0v) is 9.49. The van der Waals surface area contributed by atoms with Crippen molar-refractivity contribution in [2.75, 3.05) is 25.0 Å². The molecule has 1 aliphatic rings. The quantitative estimate of drug-likeness (QED) is 0.801. The summed E-state index contributed by atoms with van der Waals surface area (Å²) in [5, 5.41) is 10.5. The fourth-order valence-electron chi connectivity index (χ4n) is 1.88. The molecule has 1 aromatic heterocycles. The predicted molar refractivity (Wildman–Crippen MR) is 63.1 cm³/mol. The molecule has 3 heteroatoms. The molecule has 0 radical (unpaired) electrons. The van der Waals surface area contributed by atoms with Gasteiger partial charge in [-0.2, -0.15) is 0 Å². The van der Waals surface area contributed by atoms with E-state index in [4.69, 9.17) is 0 Å². The molecule has 0 spiro atoms. The summed E-state index contributed by atoms with van der Waals surface area (Å²) in [6.45, 7) is 5.69. The van der Waals surface area contributed by atoms with E-state index in [2.05, 4.69) is 29.0 Å². The fourth-order valence-corrected chi connectivity index (χ4v) is 2.71. The van der Waals surface area contributed by atoms with E-state index in [9.17, 15) is 0 Å². The van der Waals surface area contributed by atoms with Gasteiger partial charge < -0.3 is 10.6 Å². The summed E-state index contributed by atoms with van der Waals surface area (Å²) in [4.78, 5) is 0. The Bertz CT molecular complexity index is 277. The maximum atomic E-state index is 3.55. The second-order valence-corrected chi connectivity index (χ2v) is 4.92. The second kappa shape index (κ2) is 4.80. The Kier molecular flexibility index (Phi) is 3.43. The van der Waals surface area contributed by atoms with Crippen molar-refractivity contribution in [2.45, 2.75) is 19.8 Å². The van der Waals surface area contributed by atoms with Crippen molar-refractivity contribution in [3.05, 3.63) is 17.0 Å². The summed E-state index contributed by atoms with van der Waals surface area (Å²) in [6, 6.07) is 2.18. The minimum absolute atomic E-state index is 0.859. The molecule has 1 fully saturated rings. The van der Waals surface area contributed by atoms with E-state index in [1.54, 1.807) is 0 Å². The topological polar surface area (TPSA) is 24.1 Å². The average Bonchev–Trinajstić information content (AvgIpc) is 2.63. The Morgan fingerprint density at radius 2 is 2.29 bits per heavy atom. The van der Waals surface area contributed by atoms with Crippen molar-refractivity contribution in [3.8, 4) is 0 Å². The Morgan fingerprint density at radius 3 is 2.93 bits per heavy atom. The summed E-state index contributed by atoms with van der Waals surface area (Å²) in [6.07, 6.45) is 2.63. The number of rotatable bonds is 3. The summed E-state index contributed by atoms with van der Waals surface area (Å²) in [7, 11) is 0. The van der Waals surface area contributed by atoms with Crippen molar-refractivity contribution in [1.82, 2.24) is 5.32 Å². The molecule has 14 heavy (non-hydrogen) atoms. The molecule has 1 aliphatic heterocycles.